The van der Waals surface area contributed by atoms with Crippen LogP contribution in [0.1, 0.15) is 42.9 Å². The summed E-state index contributed by atoms with van der Waals surface area (Å²) < 4.78 is 0. The smallest absolute Gasteiger partial charge is 0.316 e. The molecule has 0 bridgehead atoms. The molecule has 3 aromatic rings. The van der Waals surface area contributed by atoms with E-state index in [1.165, 1.54) is 16.7 Å². The van der Waals surface area contributed by atoms with Crippen molar-refractivity contribution in [3.05, 3.63) is 95.6 Å². The molecule has 0 unspecified atom stereocenters. The predicted octanol–water partition coefficient (Wildman–Crippen LogP) is 6.22. The molecule has 3 rings (SSSR count). The van der Waals surface area contributed by atoms with E-state index in [-0.39, 0.29) is 6.03 Å². The van der Waals surface area contributed by atoms with Gasteiger partial charge in [-0.05, 0) is 79.2 Å². The molecule has 0 fully saturated rings. The molecule has 3 N–H and O–H groups in total. The molecule has 3 aromatic carbocycles. The third-order valence-electron chi connectivity index (χ3n) is 5.30. The molecule has 0 aromatic heterocycles. The van der Waals surface area contributed by atoms with Crippen LogP contribution in [0.25, 0.3) is 0 Å². The summed E-state index contributed by atoms with van der Waals surface area (Å²) in [5, 5.41) is 9.27. The SMILES string of the molecule is CC(C)c1ccc(NC(=O)Nc2ccc(CCNCCCc3ccccc3)cc2)cc1. The van der Waals surface area contributed by atoms with Gasteiger partial charge in [-0.25, -0.2) is 4.79 Å². The number of nitrogens with one attached hydrogen (secondary N) is 3. The first-order valence-corrected chi connectivity index (χ1v) is 11.1. The Labute approximate surface area is 186 Å². The maximum absolute atomic E-state index is 12.2. The van der Waals surface area contributed by atoms with Crippen LogP contribution in [0.3, 0.4) is 0 Å². The number of carbonyl (C=O) groups is 1. The fourth-order valence-corrected chi connectivity index (χ4v) is 3.42. The van der Waals surface area contributed by atoms with Gasteiger partial charge in [0.05, 0.1) is 0 Å². The minimum Gasteiger partial charge on any atom is -0.316 e. The molecule has 31 heavy (non-hydrogen) atoms. The number of carbonyl (C=O) groups excluding carboxylic acids is 1. The molecule has 4 heteroatoms. The maximum Gasteiger partial charge on any atom is 0.323 e. The lowest BCUT2D eigenvalue weighted by Crippen LogP contribution is -2.20. The molecule has 0 aliphatic heterocycles. The van der Waals surface area contributed by atoms with Crippen molar-refractivity contribution in [2.24, 2.45) is 0 Å². The van der Waals surface area contributed by atoms with E-state index in [0.29, 0.717) is 5.92 Å². The highest BCUT2D eigenvalue weighted by atomic mass is 16.2. The van der Waals surface area contributed by atoms with E-state index in [4.69, 9.17) is 0 Å². The standard InChI is InChI=1S/C27H33N3O/c1-21(2)24-12-16-26(17-13-24)30-27(31)29-25-14-10-23(11-15-25)18-20-28-19-6-9-22-7-4-3-5-8-22/h3-5,7-8,10-17,21,28H,6,9,18-20H2,1-2H3,(H2,29,30,31). The molecule has 162 valence electrons. The van der Waals surface area contributed by atoms with Crippen molar-refractivity contribution >= 4 is 17.4 Å². The van der Waals surface area contributed by atoms with Gasteiger partial charge >= 0.3 is 6.03 Å². The van der Waals surface area contributed by atoms with E-state index in [0.717, 1.165) is 43.7 Å². The Kier molecular flexibility index (Phi) is 8.68. The van der Waals surface area contributed by atoms with Crippen molar-refractivity contribution in [3.63, 3.8) is 0 Å². The van der Waals surface area contributed by atoms with Gasteiger partial charge in [-0.3, -0.25) is 0 Å². The predicted molar refractivity (Wildman–Crippen MR) is 131 cm³/mol. The monoisotopic (exact) mass is 415 g/mol. The second-order valence-corrected chi connectivity index (χ2v) is 8.14. The third kappa shape index (κ3) is 7.91. The van der Waals surface area contributed by atoms with Crippen LogP contribution in [0.2, 0.25) is 0 Å². The number of anilines is 2. The summed E-state index contributed by atoms with van der Waals surface area (Å²) >= 11 is 0. The number of amides is 2. The summed E-state index contributed by atoms with van der Waals surface area (Å²) in [4.78, 5) is 12.2. The Morgan fingerprint density at radius 2 is 1.29 bits per heavy atom. The minimum atomic E-state index is -0.231. The molecule has 0 saturated heterocycles. The van der Waals surface area contributed by atoms with Crippen LogP contribution >= 0.6 is 0 Å². The second-order valence-electron chi connectivity index (χ2n) is 8.14. The summed E-state index contributed by atoms with van der Waals surface area (Å²) in [6.45, 7) is 6.28. The fourth-order valence-electron chi connectivity index (χ4n) is 3.42. The largest absolute Gasteiger partial charge is 0.323 e. The summed E-state index contributed by atoms with van der Waals surface area (Å²) in [6.07, 6.45) is 3.22. The fraction of sp³-hybridized carbons (Fsp3) is 0.296. The molecule has 0 spiro atoms. The number of urea groups is 1. The van der Waals surface area contributed by atoms with E-state index >= 15 is 0 Å². The highest BCUT2D eigenvalue weighted by Crippen LogP contribution is 2.17. The van der Waals surface area contributed by atoms with E-state index in [1.54, 1.807) is 0 Å². The lowest BCUT2D eigenvalue weighted by atomic mass is 10.0. The summed E-state index contributed by atoms with van der Waals surface area (Å²) in [5.74, 6) is 0.478. The van der Waals surface area contributed by atoms with Crippen molar-refractivity contribution in [2.45, 2.75) is 39.0 Å². The van der Waals surface area contributed by atoms with Gasteiger partial charge < -0.3 is 16.0 Å². The zero-order valence-corrected chi connectivity index (χ0v) is 18.5. The average molecular weight is 416 g/mol. The first kappa shape index (κ1) is 22.6. The Balaban J connectivity index is 1.34. The highest BCUT2D eigenvalue weighted by molar-refractivity contribution is 5.99. The maximum atomic E-state index is 12.2. The number of rotatable bonds is 10. The lowest BCUT2D eigenvalue weighted by Gasteiger charge is -2.10. The Hall–Kier alpha value is -3.11. The van der Waals surface area contributed by atoms with Crippen LogP contribution < -0.4 is 16.0 Å². The molecule has 4 nitrogen and oxygen atoms in total. The molecule has 0 radical (unpaired) electrons. The number of benzene rings is 3. The summed E-state index contributed by atoms with van der Waals surface area (Å²) in [6, 6.07) is 26.4. The average Bonchev–Trinajstić information content (AvgIpc) is 2.78. The normalized spacial score (nSPS) is 10.8. The van der Waals surface area contributed by atoms with Gasteiger partial charge in [0.2, 0.25) is 0 Å². The van der Waals surface area contributed by atoms with Crippen molar-refractivity contribution in [2.75, 3.05) is 23.7 Å². The molecule has 0 saturated carbocycles. The van der Waals surface area contributed by atoms with Crippen LogP contribution in [0.4, 0.5) is 16.2 Å². The van der Waals surface area contributed by atoms with E-state index in [1.807, 2.05) is 36.4 Å². The zero-order valence-electron chi connectivity index (χ0n) is 18.5. The number of hydrogen-bond donors (Lipinski definition) is 3. The van der Waals surface area contributed by atoms with Crippen LogP contribution in [-0.4, -0.2) is 19.1 Å². The van der Waals surface area contributed by atoms with Crippen molar-refractivity contribution in [3.8, 4) is 0 Å². The quantitative estimate of drug-likeness (QED) is 0.344. The molecular formula is C27H33N3O. The first-order chi connectivity index (χ1) is 15.1. The van der Waals surface area contributed by atoms with E-state index in [2.05, 4.69) is 72.3 Å². The first-order valence-electron chi connectivity index (χ1n) is 11.1. The van der Waals surface area contributed by atoms with Crippen LogP contribution in [0, 0.1) is 0 Å². The van der Waals surface area contributed by atoms with Gasteiger partial charge in [0.15, 0.2) is 0 Å². The van der Waals surface area contributed by atoms with Gasteiger partial charge in [-0.2, -0.15) is 0 Å². The Bertz CT molecular complexity index is 919. The third-order valence-corrected chi connectivity index (χ3v) is 5.30. The van der Waals surface area contributed by atoms with Crippen molar-refractivity contribution in [1.82, 2.24) is 5.32 Å². The number of aryl methyl sites for hydroxylation is 1. The summed E-state index contributed by atoms with van der Waals surface area (Å²) in [7, 11) is 0. The molecule has 0 heterocycles. The Morgan fingerprint density at radius 1 is 0.710 bits per heavy atom. The van der Waals surface area contributed by atoms with Crippen LogP contribution in [-0.2, 0) is 12.8 Å². The van der Waals surface area contributed by atoms with Gasteiger partial charge in [0, 0.05) is 11.4 Å². The molecular weight excluding hydrogens is 382 g/mol. The lowest BCUT2D eigenvalue weighted by molar-refractivity contribution is 0.262. The van der Waals surface area contributed by atoms with Crippen LogP contribution in [0.15, 0.2) is 78.9 Å². The van der Waals surface area contributed by atoms with Gasteiger partial charge in [-0.1, -0.05) is 68.4 Å². The van der Waals surface area contributed by atoms with E-state index < -0.39 is 0 Å². The zero-order chi connectivity index (χ0) is 21.9. The van der Waals surface area contributed by atoms with Gasteiger partial charge in [-0.15, -0.1) is 0 Å². The number of hydrogen-bond acceptors (Lipinski definition) is 2. The van der Waals surface area contributed by atoms with Gasteiger partial charge in [0.25, 0.3) is 0 Å². The molecule has 2 amide bonds. The van der Waals surface area contributed by atoms with Crippen LogP contribution in [0.5, 0.6) is 0 Å². The molecule has 0 aliphatic carbocycles. The van der Waals surface area contributed by atoms with Gasteiger partial charge in [0.1, 0.15) is 0 Å². The second kappa shape index (κ2) is 11.9. The summed E-state index contributed by atoms with van der Waals surface area (Å²) in [5.41, 5.74) is 5.48. The molecule has 0 aliphatic rings. The Morgan fingerprint density at radius 3 is 1.90 bits per heavy atom. The van der Waals surface area contributed by atoms with Crippen molar-refractivity contribution < 1.29 is 4.79 Å². The topological polar surface area (TPSA) is 53.2 Å². The highest BCUT2D eigenvalue weighted by Gasteiger charge is 2.04. The van der Waals surface area contributed by atoms with Crippen molar-refractivity contribution in [1.29, 1.82) is 0 Å². The molecule has 0 atom stereocenters. The van der Waals surface area contributed by atoms with E-state index in [9.17, 15) is 4.79 Å². The minimum absolute atomic E-state index is 0.231.